The van der Waals surface area contributed by atoms with Gasteiger partial charge in [-0.05, 0) is 0 Å². The molecule has 0 rings (SSSR count). The summed E-state index contributed by atoms with van der Waals surface area (Å²) < 4.78 is 0. The van der Waals surface area contributed by atoms with E-state index in [-0.39, 0.29) is 46.2 Å². The molecular formula is H5AlF2Zn. The van der Waals surface area contributed by atoms with Crippen molar-refractivity contribution in [2.45, 2.75) is 0 Å². The van der Waals surface area contributed by atoms with Gasteiger partial charge in [0, 0.05) is 19.5 Å². The molecule has 24 valence electrons. The molecule has 0 heterocycles. The minimum Gasteiger partial charge on any atom is -0.269 e. The molecule has 0 aromatic carbocycles. The zero-order valence-corrected chi connectivity index (χ0v) is 4.49. The summed E-state index contributed by atoms with van der Waals surface area (Å²) in [6.45, 7) is 0. The van der Waals surface area contributed by atoms with E-state index in [9.17, 15) is 0 Å². The third kappa shape index (κ3) is 11.9. The van der Waals surface area contributed by atoms with Crippen molar-refractivity contribution in [1.29, 1.82) is 0 Å². The molecular weight excluding hydrogens is 130 g/mol. The monoisotopic (exact) mass is 134 g/mol. The van der Waals surface area contributed by atoms with Crippen molar-refractivity contribution in [3.8, 4) is 0 Å². The van der Waals surface area contributed by atoms with Gasteiger partial charge in [0.25, 0.3) is 0 Å². The van der Waals surface area contributed by atoms with Gasteiger partial charge >= 0.3 is 0 Å². The van der Waals surface area contributed by atoms with Crippen LogP contribution in [0.5, 0.6) is 0 Å². The van der Waals surface area contributed by atoms with Crippen LogP contribution in [-0.2, 0) is 19.5 Å². The SMILES string of the molecule is F.F.[AlH3].[Zn]. The van der Waals surface area contributed by atoms with Crippen molar-refractivity contribution < 1.29 is 28.9 Å². The van der Waals surface area contributed by atoms with Gasteiger partial charge in [-0.25, -0.2) is 0 Å². The van der Waals surface area contributed by atoms with Gasteiger partial charge in [0.15, 0.2) is 17.4 Å². The van der Waals surface area contributed by atoms with Crippen LogP contribution in [0.25, 0.3) is 0 Å². The molecule has 0 atom stereocenters. The Morgan fingerprint density at radius 2 is 0.750 bits per heavy atom. The van der Waals surface area contributed by atoms with Crippen LogP contribution in [-0.4, -0.2) is 17.4 Å². The number of rotatable bonds is 0. The predicted molar refractivity (Wildman–Crippen MR) is 14.9 cm³/mol. The van der Waals surface area contributed by atoms with E-state index >= 15 is 0 Å². The molecule has 4 heavy (non-hydrogen) atoms. The second kappa shape index (κ2) is 35.4. The van der Waals surface area contributed by atoms with Gasteiger partial charge in [0.1, 0.15) is 0 Å². The molecule has 0 radical (unpaired) electrons. The molecule has 0 aromatic rings. The Morgan fingerprint density at radius 3 is 0.750 bits per heavy atom. The summed E-state index contributed by atoms with van der Waals surface area (Å²) in [6, 6.07) is 0. The zero-order valence-electron chi connectivity index (χ0n) is 1.52. The Morgan fingerprint density at radius 1 is 0.750 bits per heavy atom. The molecule has 0 bridgehead atoms. The summed E-state index contributed by atoms with van der Waals surface area (Å²) in [5.41, 5.74) is 0. The Bertz CT molecular complexity index is 6.00. The molecule has 0 aromatic heterocycles. The third-order valence-corrected chi connectivity index (χ3v) is 0. The van der Waals surface area contributed by atoms with Gasteiger partial charge in [0.2, 0.25) is 0 Å². The van der Waals surface area contributed by atoms with Crippen molar-refractivity contribution in [2.75, 3.05) is 0 Å². The summed E-state index contributed by atoms with van der Waals surface area (Å²) in [6.07, 6.45) is 0. The van der Waals surface area contributed by atoms with Crippen molar-refractivity contribution in [3.05, 3.63) is 0 Å². The first-order chi connectivity index (χ1) is 0. The summed E-state index contributed by atoms with van der Waals surface area (Å²) in [5.74, 6) is 0. The molecule has 0 aliphatic heterocycles. The fourth-order valence-corrected chi connectivity index (χ4v) is 0. The maximum Gasteiger partial charge on any atom is 0.187 e. The Kier molecular flexibility index (Phi) is 694. The van der Waals surface area contributed by atoms with E-state index in [2.05, 4.69) is 0 Å². The second-order valence-corrected chi connectivity index (χ2v) is 0. The van der Waals surface area contributed by atoms with Crippen LogP contribution >= 0.6 is 0 Å². The van der Waals surface area contributed by atoms with E-state index in [1.807, 2.05) is 0 Å². The maximum absolute atomic E-state index is 0. The molecule has 0 saturated heterocycles. The Labute approximate surface area is 46.6 Å². The van der Waals surface area contributed by atoms with Crippen LogP contribution in [0.3, 0.4) is 0 Å². The zero-order chi connectivity index (χ0) is 0. The van der Waals surface area contributed by atoms with Crippen LogP contribution in [0.4, 0.5) is 9.41 Å². The van der Waals surface area contributed by atoms with Crippen LogP contribution < -0.4 is 0 Å². The van der Waals surface area contributed by atoms with Crippen LogP contribution in [0, 0.1) is 0 Å². The van der Waals surface area contributed by atoms with Crippen LogP contribution in [0.2, 0.25) is 0 Å². The molecule has 0 unspecified atom stereocenters. The summed E-state index contributed by atoms with van der Waals surface area (Å²) >= 11 is 0. The summed E-state index contributed by atoms with van der Waals surface area (Å²) in [4.78, 5) is 0. The van der Waals surface area contributed by atoms with E-state index < -0.39 is 0 Å². The van der Waals surface area contributed by atoms with Gasteiger partial charge in [-0.3, -0.25) is 9.41 Å². The van der Waals surface area contributed by atoms with Crippen molar-refractivity contribution in [3.63, 3.8) is 0 Å². The first-order valence-electron chi connectivity index (χ1n) is 0. The van der Waals surface area contributed by atoms with Crippen molar-refractivity contribution in [1.82, 2.24) is 0 Å². The molecule has 0 nitrogen and oxygen atoms in total. The normalized spacial score (nSPS) is 0. The van der Waals surface area contributed by atoms with Gasteiger partial charge in [0.05, 0.1) is 0 Å². The maximum atomic E-state index is 0. The topological polar surface area (TPSA) is 0 Å². The predicted octanol–water partition coefficient (Wildman–Crippen LogP) is -0.881. The van der Waals surface area contributed by atoms with E-state index in [1.165, 1.54) is 0 Å². The quantitative estimate of drug-likeness (QED) is 0.379. The Balaban J connectivity index is 0. The van der Waals surface area contributed by atoms with Gasteiger partial charge in [-0.1, -0.05) is 0 Å². The summed E-state index contributed by atoms with van der Waals surface area (Å²) in [5, 5.41) is 0. The van der Waals surface area contributed by atoms with Crippen LogP contribution in [0.15, 0.2) is 0 Å². The molecule has 0 spiro atoms. The van der Waals surface area contributed by atoms with E-state index in [1.54, 1.807) is 0 Å². The Hall–Kier alpha value is 1.02. The minimum atomic E-state index is 0. The first kappa shape index (κ1) is 78.4. The smallest absolute Gasteiger partial charge is 0.187 e. The van der Waals surface area contributed by atoms with Crippen molar-refractivity contribution >= 4 is 17.4 Å². The largest absolute Gasteiger partial charge is 0.269 e. The average molecular weight is 135 g/mol. The third-order valence-electron chi connectivity index (χ3n) is 0. The fraction of sp³-hybridized carbons (Fsp3) is 0. The van der Waals surface area contributed by atoms with E-state index in [0.717, 1.165) is 0 Å². The standard InChI is InChI=1S/Al.2FH.Zn.3H/h;2*1H;;;;. The number of hydrogen-bond donors (Lipinski definition) is 0. The molecule has 0 N–H and O–H groups in total. The second-order valence-electron chi connectivity index (χ2n) is 0. The average Bonchev–Trinajstić information content (AvgIpc) is 0. The van der Waals surface area contributed by atoms with E-state index in [0.29, 0.717) is 0 Å². The van der Waals surface area contributed by atoms with Gasteiger partial charge in [-0.15, -0.1) is 0 Å². The molecule has 0 saturated carbocycles. The number of hydrogen-bond acceptors (Lipinski definition) is 0. The van der Waals surface area contributed by atoms with Gasteiger partial charge < -0.3 is 0 Å². The molecule has 0 aliphatic rings. The fourth-order valence-electron chi connectivity index (χ4n) is 0. The molecule has 4 heteroatoms. The minimum absolute atomic E-state index is 0. The van der Waals surface area contributed by atoms with Crippen LogP contribution in [0.1, 0.15) is 0 Å². The summed E-state index contributed by atoms with van der Waals surface area (Å²) in [7, 11) is 0. The van der Waals surface area contributed by atoms with Crippen molar-refractivity contribution in [2.24, 2.45) is 0 Å². The molecule has 0 fully saturated rings. The van der Waals surface area contributed by atoms with Gasteiger partial charge in [-0.2, -0.15) is 0 Å². The molecule has 0 aliphatic carbocycles. The first-order valence-corrected chi connectivity index (χ1v) is 0. The number of halogens is 2. The molecule has 0 amide bonds. The van der Waals surface area contributed by atoms with E-state index in [4.69, 9.17) is 0 Å².